The molecule has 0 aliphatic carbocycles. The third-order valence-corrected chi connectivity index (χ3v) is 1.87. The highest BCUT2D eigenvalue weighted by molar-refractivity contribution is 7.09. The van der Waals surface area contributed by atoms with Gasteiger partial charge in [-0.1, -0.05) is 0 Å². The summed E-state index contributed by atoms with van der Waals surface area (Å²) in [5, 5.41) is 2.77. The van der Waals surface area contributed by atoms with Crippen molar-refractivity contribution in [3.63, 3.8) is 0 Å². The van der Waals surface area contributed by atoms with Crippen molar-refractivity contribution in [3.8, 4) is 0 Å². The smallest absolute Gasteiger partial charge is 0.220 e. The van der Waals surface area contributed by atoms with Crippen molar-refractivity contribution in [2.24, 2.45) is 5.92 Å². The van der Waals surface area contributed by atoms with Gasteiger partial charge in [-0.2, -0.15) is 0 Å². The number of carbonyl (C=O) groups is 1. The highest BCUT2D eigenvalue weighted by atomic mass is 31.0. The average molecular weight is 161 g/mol. The van der Waals surface area contributed by atoms with Crippen LogP contribution < -0.4 is 5.32 Å². The van der Waals surface area contributed by atoms with Crippen LogP contribution in [0.15, 0.2) is 0 Å². The summed E-state index contributed by atoms with van der Waals surface area (Å²) in [6.45, 7) is 1.48. The molecule has 1 N–H and O–H groups in total. The van der Waals surface area contributed by atoms with Crippen molar-refractivity contribution in [3.05, 3.63) is 0 Å². The van der Waals surface area contributed by atoms with E-state index in [-0.39, 0.29) is 5.91 Å². The zero-order chi connectivity index (χ0) is 7.40. The maximum atomic E-state index is 10.8. The zero-order valence-electron chi connectivity index (χ0n) is 5.80. The second kappa shape index (κ2) is 3.89. The fraction of sp³-hybridized carbons (Fsp3) is 0.833. The fourth-order valence-electron chi connectivity index (χ4n) is 1.13. The summed E-state index contributed by atoms with van der Waals surface area (Å²) in [4.78, 5) is 10.8. The van der Waals surface area contributed by atoms with Crippen LogP contribution in [-0.4, -0.2) is 19.1 Å². The van der Waals surface area contributed by atoms with Crippen LogP contribution in [0.1, 0.15) is 12.8 Å². The summed E-state index contributed by atoms with van der Waals surface area (Å²) in [7, 11) is 2.21. The zero-order valence-corrected chi connectivity index (χ0v) is 6.95. The van der Waals surface area contributed by atoms with Gasteiger partial charge in [0.15, 0.2) is 0 Å². The number of amides is 1. The molecule has 0 radical (unpaired) electrons. The number of hydrogen-bond donors (Lipinski definition) is 1. The molecule has 0 spiro atoms. The van der Waals surface area contributed by atoms with E-state index in [1.807, 2.05) is 0 Å². The third-order valence-electron chi connectivity index (χ3n) is 1.68. The Morgan fingerprint density at radius 1 is 1.80 bits per heavy atom. The molecule has 1 aliphatic rings. The standard InChI is InChI=1S/C6H12NO2P/c8-6-3-5(4-9-10)1-2-7-6/h5H,1-4,10H2,(H,7,8). The second-order valence-corrected chi connectivity index (χ2v) is 2.88. The molecule has 0 bridgehead atoms. The molecule has 2 unspecified atom stereocenters. The topological polar surface area (TPSA) is 38.3 Å². The van der Waals surface area contributed by atoms with Gasteiger partial charge in [-0.3, -0.25) is 4.79 Å². The maximum Gasteiger partial charge on any atom is 0.220 e. The molecule has 4 heteroatoms. The van der Waals surface area contributed by atoms with Gasteiger partial charge in [0.2, 0.25) is 5.91 Å². The van der Waals surface area contributed by atoms with Crippen LogP contribution in [-0.2, 0) is 9.32 Å². The summed E-state index contributed by atoms with van der Waals surface area (Å²) >= 11 is 0. The molecule has 0 aromatic rings. The molecule has 58 valence electrons. The molecule has 0 aromatic carbocycles. The number of rotatable bonds is 2. The van der Waals surface area contributed by atoms with Crippen LogP contribution in [0.2, 0.25) is 0 Å². The van der Waals surface area contributed by atoms with Gasteiger partial charge in [0, 0.05) is 22.4 Å². The molecule has 0 aromatic heterocycles. The largest absolute Gasteiger partial charge is 0.365 e. The van der Waals surface area contributed by atoms with E-state index < -0.39 is 0 Å². The van der Waals surface area contributed by atoms with Crippen LogP contribution in [0, 0.1) is 5.92 Å². The van der Waals surface area contributed by atoms with Crippen molar-refractivity contribution >= 4 is 15.4 Å². The molecule has 2 atom stereocenters. The van der Waals surface area contributed by atoms with E-state index in [9.17, 15) is 4.79 Å². The first-order chi connectivity index (χ1) is 4.83. The Hall–Kier alpha value is -0.140. The quantitative estimate of drug-likeness (QED) is 0.592. The molecule has 1 rings (SSSR count). The van der Waals surface area contributed by atoms with Gasteiger partial charge in [0.25, 0.3) is 0 Å². The first-order valence-corrected chi connectivity index (χ1v) is 3.88. The SMILES string of the molecule is O=C1CC(COP)CCN1. The van der Waals surface area contributed by atoms with Crippen molar-refractivity contribution in [2.75, 3.05) is 13.2 Å². The van der Waals surface area contributed by atoms with Crippen LogP contribution in [0.25, 0.3) is 0 Å². The minimum Gasteiger partial charge on any atom is -0.365 e. The van der Waals surface area contributed by atoms with Crippen molar-refractivity contribution in [1.29, 1.82) is 0 Å². The number of piperidine rings is 1. The van der Waals surface area contributed by atoms with Crippen molar-refractivity contribution in [1.82, 2.24) is 5.32 Å². The number of carbonyl (C=O) groups excluding carboxylic acids is 1. The monoisotopic (exact) mass is 161 g/mol. The molecule has 0 saturated carbocycles. The van der Waals surface area contributed by atoms with E-state index >= 15 is 0 Å². The summed E-state index contributed by atoms with van der Waals surface area (Å²) in [5.41, 5.74) is 0. The molecule has 3 nitrogen and oxygen atoms in total. The van der Waals surface area contributed by atoms with Crippen LogP contribution in [0.3, 0.4) is 0 Å². The molecule has 1 fully saturated rings. The Kier molecular flexibility index (Phi) is 3.10. The van der Waals surface area contributed by atoms with Gasteiger partial charge in [-0.15, -0.1) is 0 Å². The Bertz CT molecular complexity index is 127. The predicted molar refractivity (Wildman–Crippen MR) is 41.4 cm³/mol. The Balaban J connectivity index is 2.25. The highest BCUT2D eigenvalue weighted by Crippen LogP contribution is 2.13. The molecule has 1 aliphatic heterocycles. The fourth-order valence-corrected chi connectivity index (χ4v) is 1.40. The van der Waals surface area contributed by atoms with Crippen molar-refractivity contribution < 1.29 is 9.32 Å². The first-order valence-electron chi connectivity index (χ1n) is 3.41. The Labute approximate surface area is 62.8 Å². The van der Waals surface area contributed by atoms with Crippen molar-refractivity contribution in [2.45, 2.75) is 12.8 Å². The van der Waals surface area contributed by atoms with Gasteiger partial charge in [-0.05, 0) is 12.3 Å². The lowest BCUT2D eigenvalue weighted by Crippen LogP contribution is -2.34. The van der Waals surface area contributed by atoms with E-state index in [1.165, 1.54) is 0 Å². The highest BCUT2D eigenvalue weighted by Gasteiger charge is 2.17. The van der Waals surface area contributed by atoms with Crippen LogP contribution >= 0.6 is 9.47 Å². The van der Waals surface area contributed by atoms with E-state index in [0.717, 1.165) is 13.0 Å². The third kappa shape index (κ3) is 2.24. The minimum absolute atomic E-state index is 0.151. The van der Waals surface area contributed by atoms with E-state index in [1.54, 1.807) is 0 Å². The molecule has 10 heavy (non-hydrogen) atoms. The molecular weight excluding hydrogens is 149 g/mol. The predicted octanol–water partition coefficient (Wildman–Crippen LogP) is 0.319. The molecule has 1 saturated heterocycles. The molecule has 1 amide bonds. The van der Waals surface area contributed by atoms with Gasteiger partial charge < -0.3 is 9.84 Å². The average Bonchev–Trinajstić information content (AvgIpc) is 1.88. The lowest BCUT2D eigenvalue weighted by molar-refractivity contribution is -0.123. The molecular formula is C6H12NO2P. The van der Waals surface area contributed by atoms with Gasteiger partial charge in [0.1, 0.15) is 0 Å². The van der Waals surface area contributed by atoms with Gasteiger partial charge >= 0.3 is 0 Å². The lowest BCUT2D eigenvalue weighted by atomic mass is 9.99. The summed E-state index contributed by atoms with van der Waals surface area (Å²) < 4.78 is 4.87. The summed E-state index contributed by atoms with van der Waals surface area (Å²) in [5.74, 6) is 0.574. The second-order valence-electron chi connectivity index (χ2n) is 2.54. The minimum atomic E-state index is 0.151. The van der Waals surface area contributed by atoms with Gasteiger partial charge in [-0.25, -0.2) is 0 Å². The number of nitrogens with one attached hydrogen (secondary N) is 1. The number of hydrogen-bond acceptors (Lipinski definition) is 2. The van der Waals surface area contributed by atoms with E-state index in [2.05, 4.69) is 14.8 Å². The van der Waals surface area contributed by atoms with Gasteiger partial charge in [0.05, 0.1) is 6.61 Å². The Morgan fingerprint density at radius 3 is 3.20 bits per heavy atom. The van der Waals surface area contributed by atoms with E-state index in [0.29, 0.717) is 18.9 Å². The summed E-state index contributed by atoms with van der Waals surface area (Å²) in [6.07, 6.45) is 1.66. The molecule has 1 heterocycles. The van der Waals surface area contributed by atoms with E-state index in [4.69, 9.17) is 4.52 Å². The maximum absolute atomic E-state index is 10.8. The first kappa shape index (κ1) is 7.96. The van der Waals surface area contributed by atoms with Crippen LogP contribution in [0.4, 0.5) is 0 Å². The summed E-state index contributed by atoms with van der Waals surface area (Å²) in [6, 6.07) is 0. The lowest BCUT2D eigenvalue weighted by Gasteiger charge is -2.20. The normalized spacial score (nSPS) is 26.1. The Morgan fingerprint density at radius 2 is 2.60 bits per heavy atom. The van der Waals surface area contributed by atoms with Crippen LogP contribution in [0.5, 0.6) is 0 Å².